The van der Waals surface area contributed by atoms with E-state index in [4.69, 9.17) is 0 Å². The molecule has 16 heavy (non-hydrogen) atoms. The van der Waals surface area contributed by atoms with E-state index in [1.807, 2.05) is 0 Å². The summed E-state index contributed by atoms with van der Waals surface area (Å²) in [5, 5.41) is 3.62. The number of rotatable bonds is 4. The Balaban J connectivity index is 1.80. The molecule has 0 aromatic heterocycles. The standard InChI is InChI=1S/C13H20N2S/c1-15-8-7-12(10-15)14-9-11-3-5-13(16-2)6-4-11/h3-6,12,14H,7-10H2,1-2H3. The third kappa shape index (κ3) is 3.24. The van der Waals surface area contributed by atoms with Crippen LogP contribution in [0.15, 0.2) is 29.2 Å². The number of likely N-dealkylation sites (N-methyl/N-ethyl adjacent to an activating group) is 1. The van der Waals surface area contributed by atoms with Crippen LogP contribution in [0.5, 0.6) is 0 Å². The van der Waals surface area contributed by atoms with Crippen LogP contribution < -0.4 is 5.32 Å². The van der Waals surface area contributed by atoms with Gasteiger partial charge in [-0.25, -0.2) is 0 Å². The van der Waals surface area contributed by atoms with Crippen LogP contribution in [0.1, 0.15) is 12.0 Å². The van der Waals surface area contributed by atoms with Crippen LogP contribution in [0.25, 0.3) is 0 Å². The van der Waals surface area contributed by atoms with Gasteiger partial charge < -0.3 is 10.2 Å². The lowest BCUT2D eigenvalue weighted by molar-refractivity contribution is 0.397. The predicted molar refractivity (Wildman–Crippen MR) is 71.0 cm³/mol. The number of hydrogen-bond acceptors (Lipinski definition) is 3. The Morgan fingerprint density at radius 3 is 2.69 bits per heavy atom. The quantitative estimate of drug-likeness (QED) is 0.807. The second kappa shape index (κ2) is 5.71. The summed E-state index contributed by atoms with van der Waals surface area (Å²) < 4.78 is 0. The molecule has 2 nitrogen and oxygen atoms in total. The SMILES string of the molecule is CSc1ccc(CNC2CCN(C)C2)cc1. The van der Waals surface area contributed by atoms with E-state index >= 15 is 0 Å². The monoisotopic (exact) mass is 236 g/mol. The van der Waals surface area contributed by atoms with E-state index in [-0.39, 0.29) is 0 Å². The predicted octanol–water partition coefficient (Wildman–Crippen LogP) is 2.20. The summed E-state index contributed by atoms with van der Waals surface area (Å²) in [6, 6.07) is 9.50. The smallest absolute Gasteiger partial charge is 0.0210 e. The van der Waals surface area contributed by atoms with Crippen molar-refractivity contribution in [3.05, 3.63) is 29.8 Å². The van der Waals surface area contributed by atoms with Crippen molar-refractivity contribution in [3.63, 3.8) is 0 Å². The van der Waals surface area contributed by atoms with Gasteiger partial charge in [0.1, 0.15) is 0 Å². The minimum Gasteiger partial charge on any atom is -0.309 e. The molecule has 1 heterocycles. The Morgan fingerprint density at radius 2 is 2.12 bits per heavy atom. The van der Waals surface area contributed by atoms with Crippen molar-refractivity contribution in [2.24, 2.45) is 0 Å². The zero-order valence-corrected chi connectivity index (χ0v) is 10.9. The van der Waals surface area contributed by atoms with Gasteiger partial charge in [-0.3, -0.25) is 0 Å². The lowest BCUT2D eigenvalue weighted by Gasteiger charge is -2.12. The van der Waals surface area contributed by atoms with Crippen molar-refractivity contribution >= 4 is 11.8 Å². The second-order valence-electron chi connectivity index (χ2n) is 4.48. The maximum absolute atomic E-state index is 3.62. The van der Waals surface area contributed by atoms with Gasteiger partial charge >= 0.3 is 0 Å². The van der Waals surface area contributed by atoms with E-state index in [2.05, 4.69) is 47.8 Å². The second-order valence-corrected chi connectivity index (χ2v) is 5.36. The molecule has 0 amide bonds. The van der Waals surface area contributed by atoms with Gasteiger partial charge in [0.2, 0.25) is 0 Å². The van der Waals surface area contributed by atoms with Crippen LogP contribution in [-0.2, 0) is 6.54 Å². The highest BCUT2D eigenvalue weighted by molar-refractivity contribution is 7.98. The van der Waals surface area contributed by atoms with Gasteiger partial charge in [-0.1, -0.05) is 12.1 Å². The molecular weight excluding hydrogens is 216 g/mol. The molecule has 1 aromatic rings. The number of nitrogens with one attached hydrogen (secondary N) is 1. The fourth-order valence-electron chi connectivity index (χ4n) is 2.11. The lowest BCUT2D eigenvalue weighted by Crippen LogP contribution is -2.30. The summed E-state index contributed by atoms with van der Waals surface area (Å²) >= 11 is 1.79. The number of benzene rings is 1. The molecule has 2 rings (SSSR count). The summed E-state index contributed by atoms with van der Waals surface area (Å²) in [6.45, 7) is 3.40. The van der Waals surface area contributed by atoms with Gasteiger partial charge in [-0.15, -0.1) is 11.8 Å². The summed E-state index contributed by atoms with van der Waals surface area (Å²) in [4.78, 5) is 3.72. The van der Waals surface area contributed by atoms with Crippen molar-refractivity contribution in [1.29, 1.82) is 0 Å². The Bertz CT molecular complexity index is 323. The van der Waals surface area contributed by atoms with E-state index in [9.17, 15) is 0 Å². The van der Waals surface area contributed by atoms with Crippen LogP contribution in [0.3, 0.4) is 0 Å². The number of thioether (sulfide) groups is 1. The Hall–Kier alpha value is -0.510. The van der Waals surface area contributed by atoms with Crippen LogP contribution in [0, 0.1) is 0 Å². The molecule has 1 atom stereocenters. The molecule has 0 bridgehead atoms. The van der Waals surface area contributed by atoms with Crippen molar-refractivity contribution < 1.29 is 0 Å². The first kappa shape index (κ1) is 12.0. The van der Waals surface area contributed by atoms with E-state index in [0.29, 0.717) is 6.04 Å². The lowest BCUT2D eigenvalue weighted by atomic mass is 10.2. The van der Waals surface area contributed by atoms with Crippen molar-refractivity contribution in [1.82, 2.24) is 10.2 Å². The molecule has 88 valence electrons. The van der Waals surface area contributed by atoms with Crippen LogP contribution in [-0.4, -0.2) is 37.3 Å². The van der Waals surface area contributed by atoms with E-state index in [0.717, 1.165) is 6.54 Å². The molecule has 1 aromatic carbocycles. The summed E-state index contributed by atoms with van der Waals surface area (Å²) in [6.07, 6.45) is 3.39. The summed E-state index contributed by atoms with van der Waals surface area (Å²) in [7, 11) is 2.19. The van der Waals surface area contributed by atoms with Crippen molar-refractivity contribution in [2.45, 2.75) is 23.9 Å². The molecule has 1 saturated heterocycles. The maximum Gasteiger partial charge on any atom is 0.0210 e. The average molecular weight is 236 g/mol. The Morgan fingerprint density at radius 1 is 1.38 bits per heavy atom. The number of nitrogens with zero attached hydrogens (tertiary/aromatic N) is 1. The molecule has 3 heteroatoms. The Labute approximate surface area is 102 Å². The summed E-state index contributed by atoms with van der Waals surface area (Å²) in [5.41, 5.74) is 1.38. The fraction of sp³-hybridized carbons (Fsp3) is 0.538. The van der Waals surface area contributed by atoms with E-state index in [1.54, 1.807) is 11.8 Å². The molecule has 0 radical (unpaired) electrons. The molecule has 1 unspecified atom stereocenters. The van der Waals surface area contributed by atoms with Crippen LogP contribution >= 0.6 is 11.8 Å². The fourth-order valence-corrected chi connectivity index (χ4v) is 2.52. The molecule has 1 N–H and O–H groups in total. The van der Waals surface area contributed by atoms with Gasteiger partial charge in [0.25, 0.3) is 0 Å². The van der Waals surface area contributed by atoms with Crippen molar-refractivity contribution in [3.8, 4) is 0 Å². The highest BCUT2D eigenvalue weighted by Crippen LogP contribution is 2.15. The molecule has 1 aliphatic heterocycles. The number of hydrogen-bond donors (Lipinski definition) is 1. The van der Waals surface area contributed by atoms with Crippen LogP contribution in [0.2, 0.25) is 0 Å². The molecule has 0 aliphatic carbocycles. The molecule has 1 fully saturated rings. The minimum atomic E-state index is 0.672. The molecule has 0 spiro atoms. The number of likely N-dealkylation sites (tertiary alicyclic amines) is 1. The van der Waals surface area contributed by atoms with E-state index in [1.165, 1.54) is 30.0 Å². The van der Waals surface area contributed by atoms with Gasteiger partial charge in [-0.05, 0) is 44.0 Å². The summed E-state index contributed by atoms with van der Waals surface area (Å²) in [5.74, 6) is 0. The molecular formula is C13H20N2S. The normalized spacial score (nSPS) is 21.5. The van der Waals surface area contributed by atoms with Gasteiger partial charge in [0.15, 0.2) is 0 Å². The van der Waals surface area contributed by atoms with Gasteiger partial charge in [0.05, 0.1) is 0 Å². The largest absolute Gasteiger partial charge is 0.309 e. The Kier molecular flexibility index (Phi) is 4.27. The first-order chi connectivity index (χ1) is 7.78. The third-order valence-corrected chi connectivity index (χ3v) is 3.89. The van der Waals surface area contributed by atoms with Crippen molar-refractivity contribution in [2.75, 3.05) is 26.4 Å². The first-order valence-corrected chi connectivity index (χ1v) is 7.05. The zero-order valence-electron chi connectivity index (χ0n) is 10.1. The molecule has 0 saturated carbocycles. The maximum atomic E-state index is 3.62. The van der Waals surface area contributed by atoms with Crippen LogP contribution in [0.4, 0.5) is 0 Å². The zero-order chi connectivity index (χ0) is 11.4. The van der Waals surface area contributed by atoms with E-state index < -0.39 is 0 Å². The van der Waals surface area contributed by atoms with Gasteiger partial charge in [-0.2, -0.15) is 0 Å². The molecule has 1 aliphatic rings. The first-order valence-electron chi connectivity index (χ1n) is 5.83. The third-order valence-electron chi connectivity index (χ3n) is 3.15. The minimum absolute atomic E-state index is 0.672. The topological polar surface area (TPSA) is 15.3 Å². The highest BCUT2D eigenvalue weighted by atomic mass is 32.2. The van der Waals surface area contributed by atoms with Gasteiger partial charge in [0, 0.05) is 24.0 Å². The average Bonchev–Trinajstić information content (AvgIpc) is 2.73. The highest BCUT2D eigenvalue weighted by Gasteiger charge is 2.18.